The lowest BCUT2D eigenvalue weighted by Crippen LogP contribution is -2.20. The van der Waals surface area contributed by atoms with E-state index in [9.17, 15) is 14.4 Å². The van der Waals surface area contributed by atoms with Crippen LogP contribution in [0.5, 0.6) is 0 Å². The summed E-state index contributed by atoms with van der Waals surface area (Å²) >= 11 is 0. The summed E-state index contributed by atoms with van der Waals surface area (Å²) in [6.07, 6.45) is 0.689. The van der Waals surface area contributed by atoms with Crippen molar-refractivity contribution in [1.82, 2.24) is 0 Å². The number of carbonyl (C=O) groups is 3. The van der Waals surface area contributed by atoms with Crippen LogP contribution in [0.25, 0.3) is 0 Å². The molecule has 1 amide bonds. The first-order chi connectivity index (χ1) is 10.9. The van der Waals surface area contributed by atoms with Crippen molar-refractivity contribution in [3.8, 4) is 0 Å². The van der Waals surface area contributed by atoms with E-state index in [1.165, 1.54) is 18.2 Å². The minimum Gasteiger partial charge on any atom is -0.462 e. The summed E-state index contributed by atoms with van der Waals surface area (Å²) in [4.78, 5) is 35.9. The van der Waals surface area contributed by atoms with Crippen LogP contribution in [-0.4, -0.2) is 31.1 Å². The Morgan fingerprint density at radius 2 is 1.43 bits per heavy atom. The number of esters is 2. The number of carbonyl (C=O) groups excluding carboxylic acids is 3. The van der Waals surface area contributed by atoms with Gasteiger partial charge in [-0.1, -0.05) is 13.8 Å². The van der Waals surface area contributed by atoms with Crippen LogP contribution in [0.2, 0.25) is 0 Å². The first-order valence-electron chi connectivity index (χ1n) is 7.73. The molecule has 0 spiro atoms. The normalized spacial score (nSPS) is 11.5. The van der Waals surface area contributed by atoms with Gasteiger partial charge in [-0.15, -0.1) is 0 Å². The molecule has 1 N–H and O–H groups in total. The first-order valence-corrected chi connectivity index (χ1v) is 7.73. The highest BCUT2D eigenvalue weighted by molar-refractivity contribution is 5.99. The molecule has 1 aromatic rings. The number of ether oxygens (including phenoxy) is 2. The van der Waals surface area contributed by atoms with Crippen LogP contribution in [0.3, 0.4) is 0 Å². The summed E-state index contributed by atoms with van der Waals surface area (Å²) in [5.41, 5.74) is 0.748. The molecule has 0 fully saturated rings. The molecule has 0 bridgehead atoms. The predicted molar refractivity (Wildman–Crippen MR) is 86.4 cm³/mol. The summed E-state index contributed by atoms with van der Waals surface area (Å²) in [6.45, 7) is 7.53. The fourth-order valence-electron chi connectivity index (χ4n) is 1.82. The van der Waals surface area contributed by atoms with Gasteiger partial charge in [-0.3, -0.25) is 4.79 Å². The standard InChI is InChI=1S/C17H23NO5/c1-5-11(4)15(19)18-14-9-12(16(20)22-6-2)8-13(10-14)17(21)23-7-3/h8-11H,5-7H2,1-4H3,(H,18,19)/t11-/m1/s1. The van der Waals surface area contributed by atoms with Gasteiger partial charge in [0.2, 0.25) is 5.91 Å². The Morgan fingerprint density at radius 3 is 1.83 bits per heavy atom. The minimum absolute atomic E-state index is 0.174. The second kappa shape index (κ2) is 8.92. The Kier molecular flexibility index (Phi) is 7.25. The molecule has 0 saturated heterocycles. The SMILES string of the molecule is CCOC(=O)c1cc(NC(=O)[C@H](C)CC)cc(C(=O)OCC)c1. The van der Waals surface area contributed by atoms with Gasteiger partial charge in [0.25, 0.3) is 0 Å². The molecular formula is C17H23NO5. The zero-order chi connectivity index (χ0) is 17.4. The number of hydrogen-bond acceptors (Lipinski definition) is 5. The molecule has 1 rings (SSSR count). The molecule has 1 atom stereocenters. The van der Waals surface area contributed by atoms with E-state index >= 15 is 0 Å². The molecular weight excluding hydrogens is 298 g/mol. The van der Waals surface area contributed by atoms with Crippen LogP contribution in [0.15, 0.2) is 18.2 Å². The maximum absolute atomic E-state index is 12.0. The first kappa shape index (κ1) is 18.7. The van der Waals surface area contributed by atoms with Gasteiger partial charge >= 0.3 is 11.9 Å². The smallest absolute Gasteiger partial charge is 0.338 e. The third-order valence-corrected chi connectivity index (χ3v) is 3.28. The van der Waals surface area contributed by atoms with Crippen LogP contribution in [0, 0.1) is 5.92 Å². The van der Waals surface area contributed by atoms with Crippen LogP contribution in [-0.2, 0) is 14.3 Å². The number of anilines is 1. The molecule has 0 aliphatic heterocycles. The Bertz CT molecular complexity index is 546. The second-order valence-corrected chi connectivity index (χ2v) is 5.04. The van der Waals surface area contributed by atoms with Gasteiger partial charge in [-0.2, -0.15) is 0 Å². The van der Waals surface area contributed by atoms with E-state index in [4.69, 9.17) is 9.47 Å². The molecule has 0 saturated carbocycles. The van der Waals surface area contributed by atoms with Crippen molar-refractivity contribution >= 4 is 23.5 Å². The van der Waals surface area contributed by atoms with Crippen molar-refractivity contribution in [2.45, 2.75) is 34.1 Å². The van der Waals surface area contributed by atoms with Crippen molar-refractivity contribution in [1.29, 1.82) is 0 Å². The molecule has 0 unspecified atom stereocenters. The Hall–Kier alpha value is -2.37. The highest BCUT2D eigenvalue weighted by Gasteiger charge is 2.17. The van der Waals surface area contributed by atoms with Crippen molar-refractivity contribution in [2.75, 3.05) is 18.5 Å². The molecule has 0 radical (unpaired) electrons. The maximum atomic E-state index is 12.0. The molecule has 0 aliphatic carbocycles. The zero-order valence-electron chi connectivity index (χ0n) is 14.0. The molecule has 6 nitrogen and oxygen atoms in total. The van der Waals surface area contributed by atoms with Crippen LogP contribution >= 0.6 is 0 Å². The summed E-state index contributed by atoms with van der Waals surface area (Å²) in [6, 6.07) is 4.37. The van der Waals surface area contributed by atoms with Gasteiger partial charge in [-0.05, 0) is 38.5 Å². The van der Waals surface area contributed by atoms with Crippen molar-refractivity contribution < 1.29 is 23.9 Å². The molecule has 0 aliphatic rings. The molecule has 23 heavy (non-hydrogen) atoms. The van der Waals surface area contributed by atoms with Gasteiger partial charge in [-0.25, -0.2) is 9.59 Å². The fraction of sp³-hybridized carbons (Fsp3) is 0.471. The fourth-order valence-corrected chi connectivity index (χ4v) is 1.82. The van der Waals surface area contributed by atoms with E-state index in [1.54, 1.807) is 20.8 Å². The molecule has 1 aromatic carbocycles. The van der Waals surface area contributed by atoms with Crippen LogP contribution < -0.4 is 5.32 Å². The van der Waals surface area contributed by atoms with Gasteiger partial charge < -0.3 is 14.8 Å². The molecule has 0 aromatic heterocycles. The van der Waals surface area contributed by atoms with Crippen LogP contribution in [0.4, 0.5) is 5.69 Å². The quantitative estimate of drug-likeness (QED) is 0.781. The molecule has 6 heteroatoms. The van der Waals surface area contributed by atoms with E-state index in [2.05, 4.69) is 5.32 Å². The van der Waals surface area contributed by atoms with Gasteiger partial charge in [0.15, 0.2) is 0 Å². The van der Waals surface area contributed by atoms with Gasteiger partial charge in [0.05, 0.1) is 24.3 Å². The predicted octanol–water partition coefficient (Wildman–Crippen LogP) is 3.02. The average molecular weight is 321 g/mol. The van der Waals surface area contributed by atoms with Crippen molar-refractivity contribution in [3.63, 3.8) is 0 Å². The zero-order valence-corrected chi connectivity index (χ0v) is 14.0. The minimum atomic E-state index is -0.558. The lowest BCUT2D eigenvalue weighted by molar-refractivity contribution is -0.119. The summed E-state index contributed by atoms with van der Waals surface area (Å²) < 4.78 is 9.89. The number of rotatable bonds is 7. The number of benzene rings is 1. The maximum Gasteiger partial charge on any atom is 0.338 e. The number of amides is 1. The van der Waals surface area contributed by atoms with Crippen molar-refractivity contribution in [3.05, 3.63) is 29.3 Å². The summed E-state index contributed by atoms with van der Waals surface area (Å²) in [7, 11) is 0. The van der Waals surface area contributed by atoms with E-state index in [1.807, 2.05) is 6.92 Å². The van der Waals surface area contributed by atoms with Crippen LogP contribution in [0.1, 0.15) is 54.8 Å². The molecule has 0 heterocycles. The van der Waals surface area contributed by atoms with E-state index < -0.39 is 11.9 Å². The topological polar surface area (TPSA) is 81.7 Å². The number of nitrogens with one attached hydrogen (secondary N) is 1. The largest absolute Gasteiger partial charge is 0.462 e. The Balaban J connectivity index is 3.15. The lowest BCUT2D eigenvalue weighted by Gasteiger charge is -2.12. The highest BCUT2D eigenvalue weighted by Crippen LogP contribution is 2.18. The Labute approximate surface area is 136 Å². The molecule has 126 valence electrons. The number of hydrogen-bond donors (Lipinski definition) is 1. The lowest BCUT2D eigenvalue weighted by atomic mass is 10.1. The third-order valence-electron chi connectivity index (χ3n) is 3.28. The van der Waals surface area contributed by atoms with Gasteiger partial charge in [0, 0.05) is 11.6 Å². The van der Waals surface area contributed by atoms with E-state index in [0.29, 0.717) is 12.1 Å². The summed E-state index contributed by atoms with van der Waals surface area (Å²) in [5, 5.41) is 2.71. The highest BCUT2D eigenvalue weighted by atomic mass is 16.5. The second-order valence-electron chi connectivity index (χ2n) is 5.04. The third kappa shape index (κ3) is 5.39. The van der Waals surface area contributed by atoms with E-state index in [-0.39, 0.29) is 36.2 Å². The van der Waals surface area contributed by atoms with Crippen molar-refractivity contribution in [2.24, 2.45) is 5.92 Å². The summed E-state index contributed by atoms with van der Waals surface area (Å²) in [5.74, 6) is -1.47. The van der Waals surface area contributed by atoms with Gasteiger partial charge in [0.1, 0.15) is 0 Å². The average Bonchev–Trinajstić information content (AvgIpc) is 2.54. The monoisotopic (exact) mass is 321 g/mol. The van der Waals surface area contributed by atoms with E-state index in [0.717, 1.165) is 0 Å². The Morgan fingerprint density at radius 1 is 0.957 bits per heavy atom.